The van der Waals surface area contributed by atoms with Crippen LogP contribution in [0.5, 0.6) is 0 Å². The third-order valence-corrected chi connectivity index (χ3v) is 5.98. The van der Waals surface area contributed by atoms with E-state index >= 15 is 0 Å². The van der Waals surface area contributed by atoms with Crippen LogP contribution in [0.4, 0.5) is 5.69 Å². The normalized spacial score (nSPS) is 14.8. The molecule has 1 saturated carbocycles. The second kappa shape index (κ2) is 12.4. The standard InChI is InChI=1S/C21H27N5O3S.ClH/c27-20(19-13-22-14-24-19)25-18(11-8-15-4-2-1-3-5-15)21(30)23-12-16-6-9-17(10-7-16)26(28)29;/h6-7,9-10,13-15,18H,1-5,8,11-12H2,(H,22,24)(H,23,30)(H,25,27);1H/t18-;/m1./s1. The number of nitrogens with zero attached hydrogens (tertiary/aromatic N) is 2. The molecular formula is C21H28ClN5O3S. The lowest BCUT2D eigenvalue weighted by molar-refractivity contribution is -0.384. The SMILES string of the molecule is Cl.O=C(N[C@H](CCC1CCCCC1)C(=S)NCc1ccc([N+](=O)[O-])cc1)c1c[nH]cn1. The van der Waals surface area contributed by atoms with E-state index in [4.69, 9.17) is 12.2 Å². The minimum absolute atomic E-state index is 0. The van der Waals surface area contributed by atoms with Crippen molar-refractivity contribution in [3.05, 3.63) is 58.2 Å². The minimum atomic E-state index is -0.423. The lowest BCUT2D eigenvalue weighted by Crippen LogP contribution is -2.45. The van der Waals surface area contributed by atoms with Crippen LogP contribution < -0.4 is 10.6 Å². The molecular weight excluding hydrogens is 438 g/mol. The van der Waals surface area contributed by atoms with Gasteiger partial charge in [-0.25, -0.2) is 4.98 Å². The van der Waals surface area contributed by atoms with Gasteiger partial charge in [-0.05, 0) is 24.3 Å². The molecule has 1 fully saturated rings. The number of aromatic nitrogens is 2. The van der Waals surface area contributed by atoms with Gasteiger partial charge in [0.1, 0.15) is 5.69 Å². The van der Waals surface area contributed by atoms with Crippen LogP contribution >= 0.6 is 24.6 Å². The van der Waals surface area contributed by atoms with Gasteiger partial charge in [0.2, 0.25) is 0 Å². The van der Waals surface area contributed by atoms with Crippen LogP contribution in [0.25, 0.3) is 0 Å². The molecule has 1 aliphatic rings. The molecule has 10 heteroatoms. The zero-order chi connectivity index (χ0) is 21.3. The van der Waals surface area contributed by atoms with Crippen LogP contribution in [0, 0.1) is 16.0 Å². The smallest absolute Gasteiger partial charge is 0.272 e. The molecule has 0 saturated heterocycles. The molecule has 1 heterocycles. The van der Waals surface area contributed by atoms with E-state index in [1.807, 2.05) is 0 Å². The largest absolute Gasteiger partial charge is 0.374 e. The zero-order valence-corrected chi connectivity index (χ0v) is 18.8. The highest BCUT2D eigenvalue weighted by molar-refractivity contribution is 7.80. The quantitative estimate of drug-likeness (QED) is 0.289. The first-order valence-electron chi connectivity index (χ1n) is 10.3. The van der Waals surface area contributed by atoms with Gasteiger partial charge < -0.3 is 15.6 Å². The number of imidazole rings is 1. The molecule has 0 unspecified atom stereocenters. The number of thiocarbonyl (C=S) groups is 1. The van der Waals surface area contributed by atoms with Crippen LogP contribution in [0.3, 0.4) is 0 Å². The first-order chi connectivity index (χ1) is 14.5. The molecule has 168 valence electrons. The van der Waals surface area contributed by atoms with Gasteiger partial charge in [-0.1, -0.05) is 56.5 Å². The number of H-pyrrole nitrogens is 1. The van der Waals surface area contributed by atoms with Gasteiger partial charge in [0.15, 0.2) is 0 Å². The molecule has 0 aliphatic heterocycles. The molecule has 0 spiro atoms. The number of amides is 1. The Labute approximate surface area is 193 Å². The lowest BCUT2D eigenvalue weighted by Gasteiger charge is -2.25. The monoisotopic (exact) mass is 465 g/mol. The van der Waals surface area contributed by atoms with E-state index in [2.05, 4.69) is 20.6 Å². The fourth-order valence-electron chi connectivity index (χ4n) is 3.81. The van der Waals surface area contributed by atoms with Gasteiger partial charge in [-0.15, -0.1) is 12.4 Å². The number of benzene rings is 1. The average Bonchev–Trinajstić information content (AvgIpc) is 3.31. The van der Waals surface area contributed by atoms with Crippen molar-refractivity contribution >= 4 is 41.2 Å². The molecule has 0 radical (unpaired) electrons. The van der Waals surface area contributed by atoms with E-state index in [0.29, 0.717) is 23.1 Å². The number of aromatic amines is 1. The number of carbonyl (C=O) groups is 1. The second-order valence-electron chi connectivity index (χ2n) is 7.70. The van der Waals surface area contributed by atoms with Crippen LogP contribution in [0.1, 0.15) is 61.0 Å². The van der Waals surface area contributed by atoms with Crippen molar-refractivity contribution in [2.45, 2.75) is 57.5 Å². The highest BCUT2D eigenvalue weighted by atomic mass is 35.5. The summed E-state index contributed by atoms with van der Waals surface area (Å²) >= 11 is 5.59. The molecule has 31 heavy (non-hydrogen) atoms. The number of non-ortho nitro benzene ring substituents is 1. The van der Waals surface area contributed by atoms with Gasteiger partial charge in [-0.3, -0.25) is 14.9 Å². The molecule has 1 aromatic heterocycles. The van der Waals surface area contributed by atoms with E-state index in [1.165, 1.54) is 50.6 Å². The number of carbonyl (C=O) groups excluding carboxylic acids is 1. The number of nitro groups is 1. The second-order valence-corrected chi connectivity index (χ2v) is 8.14. The Bertz CT molecular complexity index is 854. The van der Waals surface area contributed by atoms with E-state index < -0.39 is 4.92 Å². The van der Waals surface area contributed by atoms with Crippen molar-refractivity contribution in [2.24, 2.45) is 5.92 Å². The molecule has 1 aromatic carbocycles. The summed E-state index contributed by atoms with van der Waals surface area (Å²) in [4.78, 5) is 30.2. The fourth-order valence-corrected chi connectivity index (χ4v) is 4.06. The predicted molar refractivity (Wildman–Crippen MR) is 125 cm³/mol. The molecule has 1 atom stereocenters. The summed E-state index contributed by atoms with van der Waals surface area (Å²) in [5, 5.41) is 17.0. The van der Waals surface area contributed by atoms with Crippen molar-refractivity contribution in [3.8, 4) is 0 Å². The highest BCUT2D eigenvalue weighted by Crippen LogP contribution is 2.28. The maximum atomic E-state index is 12.5. The van der Waals surface area contributed by atoms with Crippen molar-refractivity contribution in [1.29, 1.82) is 0 Å². The number of nitrogens with one attached hydrogen (secondary N) is 3. The number of hydrogen-bond donors (Lipinski definition) is 3. The van der Waals surface area contributed by atoms with Gasteiger partial charge in [0.25, 0.3) is 11.6 Å². The summed E-state index contributed by atoms with van der Waals surface area (Å²) < 4.78 is 0. The molecule has 0 bridgehead atoms. The molecule has 3 rings (SSSR count). The Morgan fingerprint density at radius 2 is 1.97 bits per heavy atom. The summed E-state index contributed by atoms with van der Waals surface area (Å²) in [6.07, 6.45) is 11.2. The van der Waals surface area contributed by atoms with Gasteiger partial charge >= 0.3 is 0 Å². The summed E-state index contributed by atoms with van der Waals surface area (Å²) in [7, 11) is 0. The number of rotatable bonds is 9. The third-order valence-electron chi connectivity index (χ3n) is 5.55. The topological polar surface area (TPSA) is 113 Å². The van der Waals surface area contributed by atoms with Gasteiger partial charge in [0.05, 0.1) is 22.3 Å². The highest BCUT2D eigenvalue weighted by Gasteiger charge is 2.22. The molecule has 1 aliphatic carbocycles. The van der Waals surface area contributed by atoms with Crippen molar-refractivity contribution in [3.63, 3.8) is 0 Å². The lowest BCUT2D eigenvalue weighted by atomic mass is 9.85. The van der Waals surface area contributed by atoms with Crippen molar-refractivity contribution < 1.29 is 9.72 Å². The van der Waals surface area contributed by atoms with Crippen LogP contribution in [-0.4, -0.2) is 31.8 Å². The molecule has 1 amide bonds. The van der Waals surface area contributed by atoms with E-state index in [-0.39, 0.29) is 30.0 Å². The Hall–Kier alpha value is -2.52. The first-order valence-corrected chi connectivity index (χ1v) is 10.7. The molecule has 3 N–H and O–H groups in total. The van der Waals surface area contributed by atoms with Crippen LogP contribution in [0.15, 0.2) is 36.8 Å². The zero-order valence-electron chi connectivity index (χ0n) is 17.2. The van der Waals surface area contributed by atoms with Crippen molar-refractivity contribution in [2.75, 3.05) is 0 Å². The van der Waals surface area contributed by atoms with Crippen molar-refractivity contribution in [1.82, 2.24) is 20.6 Å². The Morgan fingerprint density at radius 3 is 2.58 bits per heavy atom. The Balaban J connectivity index is 0.00000341. The summed E-state index contributed by atoms with van der Waals surface area (Å²) in [5.41, 5.74) is 1.27. The first kappa shape index (κ1) is 24.7. The fraction of sp³-hybridized carbons (Fsp3) is 0.476. The third kappa shape index (κ3) is 7.59. The number of halogens is 1. The summed E-state index contributed by atoms with van der Waals surface area (Å²) in [5.74, 6) is 0.422. The summed E-state index contributed by atoms with van der Waals surface area (Å²) in [6, 6.07) is 6.06. The molecule has 2 aromatic rings. The van der Waals surface area contributed by atoms with E-state index in [1.54, 1.807) is 18.3 Å². The minimum Gasteiger partial charge on any atom is -0.374 e. The average molecular weight is 466 g/mol. The summed E-state index contributed by atoms with van der Waals surface area (Å²) in [6.45, 7) is 0.440. The van der Waals surface area contributed by atoms with Crippen LogP contribution in [0.2, 0.25) is 0 Å². The van der Waals surface area contributed by atoms with Crippen LogP contribution in [-0.2, 0) is 6.54 Å². The number of hydrogen-bond acceptors (Lipinski definition) is 5. The van der Waals surface area contributed by atoms with Gasteiger partial charge in [0, 0.05) is 24.9 Å². The predicted octanol–water partition coefficient (Wildman–Crippen LogP) is 4.32. The number of nitro benzene ring substituents is 1. The maximum Gasteiger partial charge on any atom is 0.272 e. The van der Waals surface area contributed by atoms with E-state index in [9.17, 15) is 14.9 Å². The van der Waals surface area contributed by atoms with Gasteiger partial charge in [-0.2, -0.15) is 0 Å². The Kier molecular flexibility index (Phi) is 9.87. The van der Waals surface area contributed by atoms with E-state index in [0.717, 1.165) is 18.4 Å². The Morgan fingerprint density at radius 1 is 1.26 bits per heavy atom. The maximum absolute atomic E-state index is 12.5. The molecule has 8 nitrogen and oxygen atoms in total.